The average Bonchev–Trinajstić information content (AvgIpc) is 3.21. The molecule has 2 fully saturated rings. The van der Waals surface area contributed by atoms with Crippen LogP contribution in [0.4, 0.5) is 10.5 Å². The lowest BCUT2D eigenvalue weighted by Gasteiger charge is -2.21. The van der Waals surface area contributed by atoms with E-state index in [-0.39, 0.29) is 31.0 Å². The van der Waals surface area contributed by atoms with Crippen molar-refractivity contribution < 1.29 is 14.3 Å². The lowest BCUT2D eigenvalue weighted by Crippen LogP contribution is -2.32. The Morgan fingerprint density at radius 1 is 1.29 bits per heavy atom. The molecule has 2 saturated heterocycles. The van der Waals surface area contributed by atoms with E-state index in [1.54, 1.807) is 23.1 Å². The molecule has 2 amide bonds. The normalized spacial score (nSPS) is 20.7. The van der Waals surface area contributed by atoms with Gasteiger partial charge >= 0.3 is 6.09 Å². The summed E-state index contributed by atoms with van der Waals surface area (Å²) in [4.78, 5) is 26.5. The van der Waals surface area contributed by atoms with Crippen molar-refractivity contribution in [3.05, 3.63) is 29.3 Å². The highest BCUT2D eigenvalue weighted by molar-refractivity contribution is 5.95. The first kappa shape index (κ1) is 22.0. The van der Waals surface area contributed by atoms with Gasteiger partial charge in [-0.2, -0.15) is 5.26 Å². The Kier molecular flexibility index (Phi) is 6.91. The smallest absolute Gasteiger partial charge is 0.410 e. The molecule has 28 heavy (non-hydrogen) atoms. The third-order valence-corrected chi connectivity index (χ3v) is 5.17. The molecule has 0 bridgehead atoms. The van der Waals surface area contributed by atoms with E-state index < -0.39 is 5.41 Å². The summed E-state index contributed by atoms with van der Waals surface area (Å²) >= 11 is 0. The number of halogens is 1. The van der Waals surface area contributed by atoms with E-state index in [1.807, 2.05) is 20.8 Å². The Balaban J connectivity index is 0.00000280. The van der Waals surface area contributed by atoms with Crippen molar-refractivity contribution in [1.29, 1.82) is 5.26 Å². The number of fused-ring (bicyclic) bond motifs is 1. The molecule has 8 heteroatoms. The molecule has 2 atom stereocenters. The van der Waals surface area contributed by atoms with Crippen LogP contribution in [0.2, 0.25) is 0 Å². The standard InChI is InChI=1S/C20H26N4O3.ClH/c1-20(2,3)18(25)23-17-6-13(7-21)4-5-14(17)12-27-19(26)24-10-15-8-22-9-16(15)11-24;/h4-6,15-16,22H,8-12H2,1-3H3,(H,23,25);1H/t15-,16-;/m0./s1. The maximum absolute atomic E-state index is 12.4. The number of amides is 2. The molecule has 0 aliphatic carbocycles. The first-order valence-electron chi connectivity index (χ1n) is 9.25. The SMILES string of the molecule is CC(C)(C)C(=O)Nc1cc(C#N)ccc1COC(=O)N1C[C@@H]2CNC[C@H]2C1.Cl. The summed E-state index contributed by atoms with van der Waals surface area (Å²) in [7, 11) is 0. The molecule has 1 aromatic carbocycles. The van der Waals surface area contributed by atoms with Gasteiger partial charge in [0.1, 0.15) is 6.61 Å². The van der Waals surface area contributed by atoms with Gasteiger partial charge in [0, 0.05) is 42.8 Å². The van der Waals surface area contributed by atoms with Gasteiger partial charge < -0.3 is 20.3 Å². The van der Waals surface area contributed by atoms with Crippen LogP contribution in [0.15, 0.2) is 18.2 Å². The molecule has 7 nitrogen and oxygen atoms in total. The van der Waals surface area contributed by atoms with Crippen molar-refractivity contribution in [2.24, 2.45) is 17.3 Å². The van der Waals surface area contributed by atoms with Crippen LogP contribution < -0.4 is 10.6 Å². The van der Waals surface area contributed by atoms with Crippen molar-refractivity contribution in [2.75, 3.05) is 31.5 Å². The quantitative estimate of drug-likeness (QED) is 0.804. The van der Waals surface area contributed by atoms with E-state index in [0.29, 0.717) is 28.7 Å². The molecule has 0 unspecified atom stereocenters. The van der Waals surface area contributed by atoms with Gasteiger partial charge in [0.25, 0.3) is 0 Å². The lowest BCUT2D eigenvalue weighted by molar-refractivity contribution is -0.123. The molecular weight excluding hydrogens is 380 g/mol. The molecule has 2 N–H and O–H groups in total. The second-order valence-corrected chi connectivity index (χ2v) is 8.33. The maximum atomic E-state index is 12.4. The van der Waals surface area contributed by atoms with Gasteiger partial charge in [-0.05, 0) is 24.0 Å². The number of likely N-dealkylation sites (tertiary alicyclic amines) is 1. The van der Waals surface area contributed by atoms with E-state index in [9.17, 15) is 9.59 Å². The van der Waals surface area contributed by atoms with Crippen molar-refractivity contribution in [3.8, 4) is 6.07 Å². The number of nitriles is 1. The molecule has 0 radical (unpaired) electrons. The number of nitrogens with one attached hydrogen (secondary N) is 2. The van der Waals surface area contributed by atoms with Crippen LogP contribution in [-0.2, 0) is 16.1 Å². The lowest BCUT2D eigenvalue weighted by atomic mass is 9.95. The van der Waals surface area contributed by atoms with Gasteiger partial charge in [0.2, 0.25) is 5.91 Å². The number of rotatable bonds is 3. The minimum absolute atomic E-state index is 0. The van der Waals surface area contributed by atoms with Crippen LogP contribution in [-0.4, -0.2) is 43.1 Å². The van der Waals surface area contributed by atoms with E-state index in [1.165, 1.54) is 0 Å². The van der Waals surface area contributed by atoms with Gasteiger partial charge in [0.05, 0.1) is 11.6 Å². The Morgan fingerprint density at radius 2 is 1.93 bits per heavy atom. The highest BCUT2D eigenvalue weighted by atomic mass is 35.5. The highest BCUT2D eigenvalue weighted by Crippen LogP contribution is 2.27. The van der Waals surface area contributed by atoms with Crippen molar-refractivity contribution >= 4 is 30.1 Å². The largest absolute Gasteiger partial charge is 0.444 e. The van der Waals surface area contributed by atoms with Crippen molar-refractivity contribution in [3.63, 3.8) is 0 Å². The van der Waals surface area contributed by atoms with Gasteiger partial charge in [-0.25, -0.2) is 4.79 Å². The number of carbonyl (C=O) groups is 2. The number of benzene rings is 1. The zero-order chi connectivity index (χ0) is 19.6. The second kappa shape index (κ2) is 8.80. The van der Waals surface area contributed by atoms with Crippen LogP contribution in [0.3, 0.4) is 0 Å². The number of nitrogens with zero attached hydrogens (tertiary/aromatic N) is 2. The molecule has 1 aromatic rings. The summed E-state index contributed by atoms with van der Waals surface area (Å²) in [5, 5.41) is 15.3. The monoisotopic (exact) mass is 406 g/mol. The van der Waals surface area contributed by atoms with Crippen molar-refractivity contribution in [2.45, 2.75) is 27.4 Å². The number of ether oxygens (including phenoxy) is 1. The zero-order valence-electron chi connectivity index (χ0n) is 16.4. The number of hydrogen-bond donors (Lipinski definition) is 2. The third-order valence-electron chi connectivity index (χ3n) is 5.17. The van der Waals surface area contributed by atoms with Crippen LogP contribution >= 0.6 is 12.4 Å². The Labute approximate surface area is 171 Å². The summed E-state index contributed by atoms with van der Waals surface area (Å²) < 4.78 is 5.49. The summed E-state index contributed by atoms with van der Waals surface area (Å²) in [6, 6.07) is 7.05. The predicted octanol–water partition coefficient (Wildman–Crippen LogP) is 2.75. The van der Waals surface area contributed by atoms with Gasteiger partial charge in [-0.3, -0.25) is 4.79 Å². The maximum Gasteiger partial charge on any atom is 0.410 e. The van der Waals surface area contributed by atoms with E-state index in [2.05, 4.69) is 16.7 Å². The topological polar surface area (TPSA) is 94.5 Å². The van der Waals surface area contributed by atoms with Gasteiger partial charge in [0.15, 0.2) is 0 Å². The van der Waals surface area contributed by atoms with Crippen LogP contribution in [0.1, 0.15) is 31.9 Å². The fourth-order valence-corrected chi connectivity index (χ4v) is 3.43. The number of carbonyl (C=O) groups excluding carboxylic acids is 2. The van der Waals surface area contributed by atoms with E-state index >= 15 is 0 Å². The summed E-state index contributed by atoms with van der Waals surface area (Å²) in [6.45, 7) is 8.84. The highest BCUT2D eigenvalue weighted by Gasteiger charge is 2.38. The molecule has 3 rings (SSSR count). The molecule has 0 saturated carbocycles. The van der Waals surface area contributed by atoms with E-state index in [0.717, 1.165) is 26.2 Å². The minimum Gasteiger partial charge on any atom is -0.444 e. The molecule has 2 aliphatic heterocycles. The zero-order valence-corrected chi connectivity index (χ0v) is 17.3. The predicted molar refractivity (Wildman–Crippen MR) is 108 cm³/mol. The van der Waals surface area contributed by atoms with Crippen LogP contribution in [0.5, 0.6) is 0 Å². The summed E-state index contributed by atoms with van der Waals surface area (Å²) in [5.74, 6) is 0.855. The molecule has 0 spiro atoms. The third kappa shape index (κ3) is 4.94. The molecule has 0 aromatic heterocycles. The number of anilines is 1. The molecule has 2 heterocycles. The van der Waals surface area contributed by atoms with Crippen LogP contribution in [0, 0.1) is 28.6 Å². The first-order valence-corrected chi connectivity index (χ1v) is 9.25. The van der Waals surface area contributed by atoms with Gasteiger partial charge in [-0.1, -0.05) is 26.8 Å². The van der Waals surface area contributed by atoms with Crippen molar-refractivity contribution in [1.82, 2.24) is 10.2 Å². The van der Waals surface area contributed by atoms with Crippen LogP contribution in [0.25, 0.3) is 0 Å². The second-order valence-electron chi connectivity index (χ2n) is 8.33. The Bertz CT molecular complexity index is 773. The number of hydrogen-bond acceptors (Lipinski definition) is 5. The Morgan fingerprint density at radius 3 is 2.50 bits per heavy atom. The van der Waals surface area contributed by atoms with Gasteiger partial charge in [-0.15, -0.1) is 12.4 Å². The molecule has 152 valence electrons. The summed E-state index contributed by atoms with van der Waals surface area (Å²) in [5.41, 5.74) is 1.04. The van der Waals surface area contributed by atoms with E-state index in [4.69, 9.17) is 10.00 Å². The minimum atomic E-state index is -0.571. The molecule has 2 aliphatic rings. The summed E-state index contributed by atoms with van der Waals surface area (Å²) in [6.07, 6.45) is -0.332. The molecular formula is C20H27ClN4O3. The fraction of sp³-hybridized carbons (Fsp3) is 0.550. The fourth-order valence-electron chi connectivity index (χ4n) is 3.43. The first-order chi connectivity index (χ1) is 12.8. The Hall–Kier alpha value is -2.30. The average molecular weight is 407 g/mol.